The number of hydrogen-bond donors (Lipinski definition) is 2. The second-order valence-electron chi connectivity index (χ2n) is 8.08. The first kappa shape index (κ1) is 23.2. The molecule has 0 heterocycles. The molecule has 0 radical (unpaired) electrons. The molecule has 0 saturated carbocycles. The van der Waals surface area contributed by atoms with Gasteiger partial charge in [-0.2, -0.15) is 0 Å². The highest BCUT2D eigenvalue weighted by Crippen LogP contribution is 2.28. The lowest BCUT2D eigenvalue weighted by atomic mass is 9.87. The van der Waals surface area contributed by atoms with Gasteiger partial charge in [-0.15, -0.1) is 0 Å². The van der Waals surface area contributed by atoms with Crippen LogP contribution in [-0.4, -0.2) is 26.2 Å². The van der Waals surface area contributed by atoms with Crippen LogP contribution in [0.5, 0.6) is 0 Å². The molecular weight excluding hydrogens is 364 g/mol. The molecule has 0 aromatic heterocycles. The molecule has 0 fully saturated rings. The highest BCUT2D eigenvalue weighted by atomic mass is 32.2. The lowest BCUT2D eigenvalue weighted by Gasteiger charge is -2.21. The molecule has 4 atom stereocenters. The summed E-state index contributed by atoms with van der Waals surface area (Å²) in [4.78, 5) is 0.552. The number of unbranched alkanes of at least 4 members (excludes halogenated alkanes) is 1. The predicted octanol–water partition coefficient (Wildman–Crippen LogP) is 5.72. The van der Waals surface area contributed by atoms with E-state index in [1.807, 2.05) is 12.1 Å². The van der Waals surface area contributed by atoms with E-state index in [-0.39, 0.29) is 5.92 Å². The van der Waals surface area contributed by atoms with E-state index in [0.717, 1.165) is 31.2 Å². The maximum Gasteiger partial charge on any atom is 0.0696 e. The van der Waals surface area contributed by atoms with Gasteiger partial charge in [-0.05, 0) is 48.3 Å². The lowest BCUT2D eigenvalue weighted by Crippen LogP contribution is -2.15. The molecule has 4 nitrogen and oxygen atoms in total. The standard InChI is InChI=1S/C20H36N2O2S2/c1-16(2)8-6-7-14-26(22,24)15-13-17(3)18(4)19-9-11-20(12-10-19)25(5,21)23/h9-12,16-18,21-22H,6-8,13-15H2,1-5H3. The van der Waals surface area contributed by atoms with E-state index in [0.29, 0.717) is 28.2 Å². The normalized spacial score (nSPS) is 18.8. The second-order valence-corrected chi connectivity index (χ2v) is 12.7. The van der Waals surface area contributed by atoms with Crippen molar-refractivity contribution in [3.8, 4) is 0 Å². The van der Waals surface area contributed by atoms with Gasteiger partial charge in [0.1, 0.15) is 0 Å². The lowest BCUT2D eigenvalue weighted by molar-refractivity contribution is 0.473. The van der Waals surface area contributed by atoms with Crippen LogP contribution in [0.25, 0.3) is 0 Å². The van der Waals surface area contributed by atoms with Crippen molar-refractivity contribution in [1.29, 1.82) is 9.56 Å². The molecule has 0 aliphatic heterocycles. The molecular formula is C20H36N2O2S2. The molecule has 0 saturated heterocycles. The summed E-state index contributed by atoms with van der Waals surface area (Å²) in [6.07, 6.45) is 5.29. The second kappa shape index (κ2) is 9.88. The fraction of sp³-hybridized carbons (Fsp3) is 0.700. The van der Waals surface area contributed by atoms with Crippen molar-refractivity contribution in [2.75, 3.05) is 17.8 Å². The monoisotopic (exact) mass is 400 g/mol. The summed E-state index contributed by atoms with van der Waals surface area (Å²) in [7, 11) is -5.15. The van der Waals surface area contributed by atoms with E-state index in [1.165, 1.54) is 6.26 Å². The van der Waals surface area contributed by atoms with Gasteiger partial charge in [0.15, 0.2) is 0 Å². The molecule has 150 valence electrons. The van der Waals surface area contributed by atoms with Crippen LogP contribution >= 0.6 is 0 Å². The van der Waals surface area contributed by atoms with Gasteiger partial charge in [0.25, 0.3) is 0 Å². The largest absolute Gasteiger partial charge is 0.253 e. The maximum atomic E-state index is 12.5. The Morgan fingerprint density at radius 3 is 1.96 bits per heavy atom. The van der Waals surface area contributed by atoms with Crippen molar-refractivity contribution >= 4 is 19.5 Å². The molecule has 0 aliphatic carbocycles. The molecule has 26 heavy (non-hydrogen) atoms. The fourth-order valence-corrected chi connectivity index (χ4v) is 5.26. The van der Waals surface area contributed by atoms with E-state index in [4.69, 9.17) is 9.56 Å². The topological polar surface area (TPSA) is 81.8 Å². The zero-order valence-corrected chi connectivity index (χ0v) is 18.6. The Kier molecular flexibility index (Phi) is 8.80. The van der Waals surface area contributed by atoms with E-state index in [2.05, 4.69) is 27.7 Å². The average molecular weight is 401 g/mol. The summed E-state index contributed by atoms with van der Waals surface area (Å²) in [6, 6.07) is 7.43. The molecule has 0 spiro atoms. The first-order chi connectivity index (χ1) is 11.9. The molecule has 2 N–H and O–H groups in total. The van der Waals surface area contributed by atoms with Gasteiger partial charge >= 0.3 is 0 Å². The fourth-order valence-electron chi connectivity index (χ4n) is 2.98. The Hall–Kier alpha value is -0.880. The number of nitrogens with one attached hydrogen (secondary N) is 2. The van der Waals surface area contributed by atoms with E-state index in [1.54, 1.807) is 12.1 Å². The van der Waals surface area contributed by atoms with Crippen LogP contribution in [0.1, 0.15) is 64.9 Å². The van der Waals surface area contributed by atoms with Gasteiger partial charge in [-0.25, -0.2) is 13.2 Å². The zero-order chi connectivity index (χ0) is 20.0. The third-order valence-electron chi connectivity index (χ3n) is 5.12. The van der Waals surface area contributed by atoms with E-state index in [9.17, 15) is 8.42 Å². The highest BCUT2D eigenvalue weighted by Gasteiger charge is 2.17. The van der Waals surface area contributed by atoms with E-state index < -0.39 is 19.5 Å². The van der Waals surface area contributed by atoms with Gasteiger partial charge in [-0.3, -0.25) is 4.78 Å². The minimum Gasteiger partial charge on any atom is -0.253 e. The molecule has 0 bridgehead atoms. The minimum atomic E-state index is -2.67. The van der Waals surface area contributed by atoms with Gasteiger partial charge < -0.3 is 0 Å². The van der Waals surface area contributed by atoms with Crippen molar-refractivity contribution in [1.82, 2.24) is 0 Å². The Bertz CT molecular complexity index is 752. The summed E-state index contributed by atoms with van der Waals surface area (Å²) >= 11 is 0. The first-order valence-electron chi connectivity index (χ1n) is 9.50. The van der Waals surface area contributed by atoms with Crippen LogP contribution in [0.2, 0.25) is 0 Å². The molecule has 6 heteroatoms. The van der Waals surface area contributed by atoms with E-state index >= 15 is 0 Å². The van der Waals surface area contributed by atoms with Crippen molar-refractivity contribution in [3.05, 3.63) is 29.8 Å². The number of benzene rings is 1. The van der Waals surface area contributed by atoms with Crippen LogP contribution in [0.3, 0.4) is 0 Å². The van der Waals surface area contributed by atoms with Gasteiger partial charge in [0.2, 0.25) is 0 Å². The Balaban J connectivity index is 2.54. The van der Waals surface area contributed by atoms with Crippen LogP contribution < -0.4 is 0 Å². The zero-order valence-electron chi connectivity index (χ0n) is 16.9. The molecule has 0 amide bonds. The van der Waals surface area contributed by atoms with Gasteiger partial charge in [0.05, 0.1) is 9.73 Å². The van der Waals surface area contributed by atoms with Gasteiger partial charge in [-0.1, -0.05) is 52.7 Å². The molecule has 1 aromatic carbocycles. The Morgan fingerprint density at radius 1 is 0.885 bits per heavy atom. The number of rotatable bonds is 11. The first-order valence-corrected chi connectivity index (χ1v) is 13.4. The summed E-state index contributed by atoms with van der Waals surface area (Å²) in [6.45, 7) is 8.66. The SMILES string of the molecule is CC(C)CCCCS(=N)(=O)CCC(C)C(C)c1ccc(S(C)(=N)=O)cc1. The van der Waals surface area contributed by atoms with Crippen LogP contribution in [0.15, 0.2) is 29.2 Å². The van der Waals surface area contributed by atoms with Crippen molar-refractivity contribution in [2.45, 2.75) is 64.2 Å². The van der Waals surface area contributed by atoms with Crippen molar-refractivity contribution in [2.24, 2.45) is 11.8 Å². The number of hydrogen-bond acceptors (Lipinski definition) is 4. The summed E-state index contributed by atoms with van der Waals surface area (Å²) in [5, 5.41) is 0. The highest BCUT2D eigenvalue weighted by molar-refractivity contribution is 7.92. The van der Waals surface area contributed by atoms with Crippen molar-refractivity contribution < 1.29 is 8.42 Å². The Morgan fingerprint density at radius 2 is 1.46 bits per heavy atom. The molecule has 4 unspecified atom stereocenters. The quantitative estimate of drug-likeness (QED) is 0.465. The predicted molar refractivity (Wildman–Crippen MR) is 113 cm³/mol. The molecule has 1 aromatic rings. The molecule has 1 rings (SSSR count). The third-order valence-corrected chi connectivity index (χ3v) is 8.13. The summed E-state index contributed by atoms with van der Waals surface area (Å²) in [5.41, 5.74) is 1.14. The maximum absolute atomic E-state index is 12.5. The minimum absolute atomic E-state index is 0.277. The smallest absolute Gasteiger partial charge is 0.0696 e. The Labute approximate surface area is 161 Å². The molecule has 0 aliphatic rings. The van der Waals surface area contributed by atoms with Crippen LogP contribution in [-0.2, 0) is 19.5 Å². The van der Waals surface area contributed by atoms with Gasteiger partial charge in [0, 0.05) is 32.4 Å². The average Bonchev–Trinajstić information content (AvgIpc) is 2.55. The summed E-state index contributed by atoms with van der Waals surface area (Å²) in [5.74, 6) is 2.25. The van der Waals surface area contributed by atoms with Crippen molar-refractivity contribution in [3.63, 3.8) is 0 Å². The van der Waals surface area contributed by atoms with Crippen LogP contribution in [0, 0.1) is 21.4 Å². The third kappa shape index (κ3) is 8.21. The summed E-state index contributed by atoms with van der Waals surface area (Å²) < 4.78 is 40.0. The van der Waals surface area contributed by atoms with Crippen LogP contribution in [0.4, 0.5) is 0 Å².